The molecule has 1 aromatic carbocycles. The Hall–Kier alpha value is -0.960. The molecule has 2 aliphatic rings. The highest BCUT2D eigenvalue weighted by atomic mass is 19.3. The number of hydrogen-bond donors (Lipinski definition) is 1. The maximum absolute atomic E-state index is 14.1. The molecule has 0 aromatic heterocycles. The monoisotopic (exact) mass is 251 g/mol. The van der Waals surface area contributed by atoms with Crippen molar-refractivity contribution in [3.05, 3.63) is 35.4 Å². The van der Waals surface area contributed by atoms with Gasteiger partial charge < -0.3 is 5.73 Å². The van der Waals surface area contributed by atoms with Crippen LogP contribution in [0.3, 0.4) is 0 Å². The summed E-state index contributed by atoms with van der Waals surface area (Å²) < 4.78 is 28.2. The third kappa shape index (κ3) is 1.76. The Morgan fingerprint density at radius 1 is 1.28 bits per heavy atom. The van der Waals surface area contributed by atoms with Crippen LogP contribution in [0.5, 0.6) is 0 Å². The van der Waals surface area contributed by atoms with E-state index in [1.54, 1.807) is 18.2 Å². The summed E-state index contributed by atoms with van der Waals surface area (Å²) in [6, 6.07) is 6.98. The molecule has 2 aliphatic carbocycles. The van der Waals surface area contributed by atoms with Gasteiger partial charge in [-0.05, 0) is 37.3 Å². The van der Waals surface area contributed by atoms with E-state index in [9.17, 15) is 8.78 Å². The number of halogens is 2. The van der Waals surface area contributed by atoms with E-state index < -0.39 is 11.8 Å². The Kier molecular flexibility index (Phi) is 2.70. The average molecular weight is 251 g/mol. The van der Waals surface area contributed by atoms with E-state index in [4.69, 9.17) is 5.73 Å². The molecule has 0 aliphatic heterocycles. The van der Waals surface area contributed by atoms with Crippen molar-refractivity contribution in [3.63, 3.8) is 0 Å². The molecule has 1 aromatic rings. The molecule has 0 atom stereocenters. The zero-order chi connectivity index (χ0) is 12.8. The minimum absolute atomic E-state index is 0.0321. The third-order valence-electron chi connectivity index (χ3n) is 4.65. The number of nitrogens with two attached hydrogens (primary N) is 1. The molecule has 18 heavy (non-hydrogen) atoms. The van der Waals surface area contributed by atoms with Gasteiger partial charge in [-0.15, -0.1) is 0 Å². The molecule has 0 bridgehead atoms. The zero-order valence-corrected chi connectivity index (χ0v) is 10.5. The van der Waals surface area contributed by atoms with Crippen LogP contribution < -0.4 is 5.73 Å². The van der Waals surface area contributed by atoms with Crippen LogP contribution in [-0.4, -0.2) is 6.54 Å². The van der Waals surface area contributed by atoms with Crippen molar-refractivity contribution in [2.45, 2.75) is 43.4 Å². The summed E-state index contributed by atoms with van der Waals surface area (Å²) in [5.74, 6) is -3.10. The predicted octanol–water partition coefficient (Wildman–Crippen LogP) is 3.57. The highest BCUT2D eigenvalue weighted by Crippen LogP contribution is 2.51. The van der Waals surface area contributed by atoms with Crippen molar-refractivity contribution in [1.29, 1.82) is 0 Å². The normalized spacial score (nSPS) is 22.6. The largest absolute Gasteiger partial charge is 0.330 e. The minimum Gasteiger partial charge on any atom is -0.330 e. The Balaban J connectivity index is 1.94. The predicted molar refractivity (Wildman–Crippen MR) is 67.6 cm³/mol. The number of rotatable bonds is 4. The van der Waals surface area contributed by atoms with Gasteiger partial charge in [-0.2, -0.15) is 0 Å². The minimum atomic E-state index is -2.66. The summed E-state index contributed by atoms with van der Waals surface area (Å²) >= 11 is 0. The lowest BCUT2D eigenvalue weighted by molar-refractivity contribution is -0.0287. The van der Waals surface area contributed by atoms with Gasteiger partial charge >= 0.3 is 0 Å². The summed E-state index contributed by atoms with van der Waals surface area (Å²) in [5.41, 5.74) is 7.00. The SMILES string of the molecule is NCC1(c2cccc(C(F)(F)C3CC3)c2)CCC1. The zero-order valence-electron chi connectivity index (χ0n) is 10.5. The first kappa shape index (κ1) is 12.1. The van der Waals surface area contributed by atoms with Gasteiger partial charge in [0.1, 0.15) is 0 Å². The fraction of sp³-hybridized carbons (Fsp3) is 0.600. The summed E-state index contributed by atoms with van der Waals surface area (Å²) in [6.07, 6.45) is 4.52. The molecule has 3 rings (SSSR count). The fourth-order valence-electron chi connectivity index (χ4n) is 2.95. The van der Waals surface area contributed by atoms with Gasteiger partial charge in [-0.3, -0.25) is 0 Å². The van der Waals surface area contributed by atoms with E-state index in [1.165, 1.54) is 0 Å². The van der Waals surface area contributed by atoms with Crippen LogP contribution in [0.1, 0.15) is 43.2 Å². The molecule has 0 heterocycles. The lowest BCUT2D eigenvalue weighted by Gasteiger charge is -2.42. The molecular weight excluding hydrogens is 232 g/mol. The Morgan fingerprint density at radius 3 is 2.50 bits per heavy atom. The second kappa shape index (κ2) is 4.02. The van der Waals surface area contributed by atoms with Crippen molar-refractivity contribution in [1.82, 2.24) is 0 Å². The van der Waals surface area contributed by atoms with Gasteiger partial charge in [0, 0.05) is 23.4 Å². The van der Waals surface area contributed by atoms with Crippen LogP contribution in [0.4, 0.5) is 8.78 Å². The summed E-state index contributed by atoms with van der Waals surface area (Å²) in [7, 11) is 0. The lowest BCUT2D eigenvalue weighted by Crippen LogP contribution is -2.41. The molecular formula is C15H19F2N. The fourth-order valence-corrected chi connectivity index (χ4v) is 2.95. The van der Waals surface area contributed by atoms with Gasteiger partial charge in [0.2, 0.25) is 0 Å². The maximum Gasteiger partial charge on any atom is 0.276 e. The van der Waals surface area contributed by atoms with Crippen LogP contribution in [0.15, 0.2) is 24.3 Å². The Bertz CT molecular complexity index is 425. The first-order valence-corrected chi connectivity index (χ1v) is 6.77. The second-order valence-electron chi connectivity index (χ2n) is 5.82. The first-order chi connectivity index (χ1) is 8.58. The number of hydrogen-bond acceptors (Lipinski definition) is 1. The molecule has 0 radical (unpaired) electrons. The van der Waals surface area contributed by atoms with E-state index in [1.807, 2.05) is 6.07 Å². The highest BCUT2D eigenvalue weighted by Gasteiger charge is 2.48. The highest BCUT2D eigenvalue weighted by molar-refractivity contribution is 5.35. The molecule has 98 valence electrons. The molecule has 3 heteroatoms. The van der Waals surface area contributed by atoms with Gasteiger partial charge in [-0.25, -0.2) is 8.78 Å². The van der Waals surface area contributed by atoms with Crippen molar-refractivity contribution in [3.8, 4) is 0 Å². The summed E-state index contributed by atoms with van der Waals surface area (Å²) in [4.78, 5) is 0. The number of alkyl halides is 2. The maximum atomic E-state index is 14.1. The van der Waals surface area contributed by atoms with Crippen LogP contribution in [0.2, 0.25) is 0 Å². The van der Waals surface area contributed by atoms with Gasteiger partial charge in [0.05, 0.1) is 0 Å². The molecule has 2 fully saturated rings. The van der Waals surface area contributed by atoms with Gasteiger partial charge in [0.25, 0.3) is 5.92 Å². The lowest BCUT2D eigenvalue weighted by atomic mass is 9.64. The van der Waals surface area contributed by atoms with Crippen LogP contribution in [-0.2, 0) is 11.3 Å². The molecule has 2 saturated carbocycles. The van der Waals surface area contributed by atoms with E-state index in [0.717, 1.165) is 24.8 Å². The van der Waals surface area contributed by atoms with Crippen molar-refractivity contribution < 1.29 is 8.78 Å². The summed E-state index contributed by atoms with van der Waals surface area (Å²) in [5, 5.41) is 0. The average Bonchev–Trinajstić information content (AvgIpc) is 3.13. The van der Waals surface area contributed by atoms with E-state index in [2.05, 4.69) is 0 Å². The molecule has 2 N–H and O–H groups in total. The third-order valence-corrected chi connectivity index (χ3v) is 4.65. The van der Waals surface area contributed by atoms with Gasteiger partial charge in [0.15, 0.2) is 0 Å². The molecule has 0 amide bonds. The topological polar surface area (TPSA) is 26.0 Å². The Labute approximate surface area is 106 Å². The van der Waals surface area contributed by atoms with Crippen LogP contribution >= 0.6 is 0 Å². The standard InChI is InChI=1S/C15H19F2N/c16-15(17,11-5-6-11)13-4-1-3-12(9-13)14(10-18)7-2-8-14/h1,3-4,9,11H,2,5-8,10,18H2. The molecule has 1 nitrogen and oxygen atoms in total. The van der Waals surface area contributed by atoms with E-state index >= 15 is 0 Å². The molecule has 0 saturated heterocycles. The van der Waals surface area contributed by atoms with E-state index in [0.29, 0.717) is 19.4 Å². The van der Waals surface area contributed by atoms with Crippen molar-refractivity contribution in [2.24, 2.45) is 11.7 Å². The second-order valence-corrected chi connectivity index (χ2v) is 5.82. The molecule has 0 spiro atoms. The Morgan fingerprint density at radius 2 is 2.00 bits per heavy atom. The van der Waals surface area contributed by atoms with E-state index in [-0.39, 0.29) is 11.0 Å². The summed E-state index contributed by atoms with van der Waals surface area (Å²) in [6.45, 7) is 0.561. The number of benzene rings is 1. The van der Waals surface area contributed by atoms with Crippen molar-refractivity contribution >= 4 is 0 Å². The van der Waals surface area contributed by atoms with Crippen molar-refractivity contribution in [2.75, 3.05) is 6.54 Å². The van der Waals surface area contributed by atoms with Gasteiger partial charge in [-0.1, -0.05) is 24.6 Å². The smallest absolute Gasteiger partial charge is 0.276 e. The quantitative estimate of drug-likeness (QED) is 0.869. The van der Waals surface area contributed by atoms with Crippen LogP contribution in [0.25, 0.3) is 0 Å². The van der Waals surface area contributed by atoms with Crippen LogP contribution in [0, 0.1) is 5.92 Å². The first-order valence-electron chi connectivity index (χ1n) is 6.77. The molecule has 0 unspecified atom stereocenters.